The smallest absolute Gasteiger partial charge is 0.327 e. The molecular formula is C76H101N17O19S2. The van der Waals surface area contributed by atoms with Gasteiger partial charge in [0.15, 0.2) is 0 Å². The molecule has 14 amide bonds. The van der Waals surface area contributed by atoms with Gasteiger partial charge in [0.25, 0.3) is 5.91 Å². The van der Waals surface area contributed by atoms with Crippen molar-refractivity contribution in [2.75, 3.05) is 37.7 Å². The van der Waals surface area contributed by atoms with E-state index in [2.05, 4.69) is 68.8 Å². The molecule has 0 spiro atoms. The summed E-state index contributed by atoms with van der Waals surface area (Å²) in [6.07, 6.45) is -3.20. The average Bonchev–Trinajstić information content (AvgIpc) is 1.56. The largest absolute Gasteiger partial charge is 0.480 e. The molecule has 5 aromatic rings. The molecule has 15 atom stereocenters. The molecule has 36 nitrogen and oxygen atoms in total. The first kappa shape index (κ1) is 90.3. The van der Waals surface area contributed by atoms with Crippen molar-refractivity contribution < 1.29 is 92.3 Å². The number of nitrogens with zero attached hydrogens (tertiary/aromatic N) is 1. The molecule has 2 bridgehead atoms. The summed E-state index contributed by atoms with van der Waals surface area (Å²) in [7, 11) is 1.53. The topological polar surface area (TPSA) is 578 Å². The van der Waals surface area contributed by atoms with E-state index in [0.717, 1.165) is 35.4 Å². The molecule has 2 aliphatic heterocycles. The molecule has 7 rings (SSSR count). The van der Waals surface area contributed by atoms with Gasteiger partial charge in [0.2, 0.25) is 76.8 Å². The van der Waals surface area contributed by atoms with Gasteiger partial charge in [0.1, 0.15) is 72.5 Å². The highest BCUT2D eigenvalue weighted by Gasteiger charge is 2.47. The highest BCUT2D eigenvalue weighted by Crippen LogP contribution is 2.26. The van der Waals surface area contributed by atoms with Gasteiger partial charge in [-0.05, 0) is 101 Å². The summed E-state index contributed by atoms with van der Waals surface area (Å²) in [5, 5.41) is 73.7. The molecule has 1 aromatic heterocycles. The van der Waals surface area contributed by atoms with Crippen molar-refractivity contribution in [2.24, 2.45) is 17.2 Å². The van der Waals surface area contributed by atoms with Gasteiger partial charge in [-0.3, -0.25) is 72.0 Å². The molecule has 114 heavy (non-hydrogen) atoms. The van der Waals surface area contributed by atoms with Crippen LogP contribution in [0.5, 0.6) is 0 Å². The van der Waals surface area contributed by atoms with E-state index < -0.39 is 210 Å². The van der Waals surface area contributed by atoms with Crippen molar-refractivity contribution in [2.45, 2.75) is 182 Å². The minimum atomic E-state index is -1.98. The number of aliphatic hydroxyl groups excluding tert-OH is 3. The third-order valence-electron chi connectivity index (χ3n) is 18.7. The van der Waals surface area contributed by atoms with Gasteiger partial charge >= 0.3 is 5.97 Å². The van der Waals surface area contributed by atoms with Crippen LogP contribution in [0.25, 0.3) is 10.9 Å². The minimum Gasteiger partial charge on any atom is -0.480 e. The van der Waals surface area contributed by atoms with E-state index in [1.807, 2.05) is 0 Å². The van der Waals surface area contributed by atoms with E-state index >= 15 is 14.4 Å². The maximum Gasteiger partial charge on any atom is 0.327 e. The van der Waals surface area contributed by atoms with Crippen molar-refractivity contribution >= 4 is 121 Å². The number of H-pyrrole nitrogens is 1. The van der Waals surface area contributed by atoms with Crippen LogP contribution in [-0.2, 0) is 97.6 Å². The standard InChI is InChI=1S/C76H101N17O19S2/c1-41(79)64(99)81-37-60(97)82-57-39-113-114-40-58(76(111)112)90-70(105)56(38-94)89-74(109)63(43(3)96)92-69(104)53(32-45-21-9-5-10-22-45)87-73(108)62(42(2)95)91-66(101)51(28-16-18-30-78)83-68(103)54(34-47-36-80-49-26-14-13-25-48(47)49)85-67(102)52(31-44-19-7-4-8-20-44)86-72(107)59(33-46-23-11-6-12-24-46)93-61(98)35-55(75(93)110)88-65(100)50(84-71(57)106)27-15-17-29-77/h4-14,19-26,36,41-43,50-59,62-63,80,94-96H,15-18,27-35,37-40,77-79H2,1-3H3,(H,81,99)(H,82,97)(H,83,103)(H,84,106)(H,85,102)(H,86,107)(H,87,108)(H,88,100)(H,89,109)(H,90,105)(H,91,101)(H,92,104)(H,111,112)/t41-,42+,43+,50-,51-,52-,53-,54-,55-,56-,57-,58-,59-,62-,63-/m0/s1. The number of fused-ring (bicyclic) bond motifs is 3. The van der Waals surface area contributed by atoms with E-state index in [-0.39, 0.29) is 64.5 Å². The quantitative estimate of drug-likeness (QED) is 0.0158. The molecule has 4 aromatic carbocycles. The number of para-hydroxylation sites is 1. The van der Waals surface area contributed by atoms with E-state index in [1.165, 1.54) is 6.92 Å². The predicted molar refractivity (Wildman–Crippen MR) is 419 cm³/mol. The molecule has 38 heteroatoms. The second kappa shape index (κ2) is 45.1. The van der Waals surface area contributed by atoms with Crippen LogP contribution in [0.2, 0.25) is 0 Å². The first-order chi connectivity index (χ1) is 54.5. The highest BCUT2D eigenvalue weighted by molar-refractivity contribution is 8.76. The second-order valence-electron chi connectivity index (χ2n) is 27.7. The molecule has 3 heterocycles. The van der Waals surface area contributed by atoms with Crippen molar-refractivity contribution in [1.82, 2.24) is 73.7 Å². The fourth-order valence-electron chi connectivity index (χ4n) is 12.4. The lowest BCUT2D eigenvalue weighted by molar-refractivity contribution is -0.148. The van der Waals surface area contributed by atoms with Crippen LogP contribution in [0.4, 0.5) is 0 Å². The Morgan fingerprint density at radius 2 is 0.947 bits per heavy atom. The molecule has 616 valence electrons. The van der Waals surface area contributed by atoms with Crippen LogP contribution in [-0.4, -0.2) is 247 Å². The van der Waals surface area contributed by atoms with Crippen LogP contribution in [0.15, 0.2) is 121 Å². The first-order valence-corrected chi connectivity index (χ1v) is 39.7. The Morgan fingerprint density at radius 1 is 0.509 bits per heavy atom. The third kappa shape index (κ3) is 27.2. The van der Waals surface area contributed by atoms with Gasteiger partial charge in [-0.25, -0.2) is 4.79 Å². The Labute approximate surface area is 664 Å². The Balaban J connectivity index is 1.31. The van der Waals surface area contributed by atoms with Crippen molar-refractivity contribution in [1.29, 1.82) is 0 Å². The lowest BCUT2D eigenvalue weighted by Crippen LogP contribution is -2.63. The van der Waals surface area contributed by atoms with Crippen molar-refractivity contribution in [3.63, 3.8) is 0 Å². The van der Waals surface area contributed by atoms with E-state index in [1.54, 1.807) is 121 Å². The number of aromatic amines is 1. The zero-order chi connectivity index (χ0) is 83.1. The Bertz CT molecular complexity index is 4160. The number of aliphatic hydroxyl groups is 3. The third-order valence-corrected chi connectivity index (χ3v) is 21.1. The summed E-state index contributed by atoms with van der Waals surface area (Å²) in [4.78, 5) is 219. The molecule has 2 saturated heterocycles. The lowest BCUT2D eigenvalue weighted by Gasteiger charge is -2.30. The number of aromatic nitrogens is 1. The number of amides is 14. The number of nitrogens with one attached hydrogen (secondary N) is 13. The normalized spacial score (nSPS) is 24.4. The highest BCUT2D eigenvalue weighted by atomic mass is 33.1. The Hall–Kier alpha value is -10.9. The number of imide groups is 1. The SMILES string of the molecule is C[C@H](N)C(=O)NCC(=O)N[C@H]1CSSC[C@@H](C(=O)O)NC(=O)[C@H](CO)NC(=O)[C@H]([C@@H](C)O)NC(=O)[C@H](Cc2ccccc2)NC(=O)[C@H]([C@@H](C)O)NC(=O)[C@H](CCCCN)NC(=O)[C@H](Cc2c[nH]c3ccccc23)NC(=O)[C@H](Cc2ccccc2)NC(=O)[C@H](Cc2ccccc2)N2C(=O)C[C@H](NC(=O)[C@H](CCCCN)NC1=O)C2=O. The van der Waals surface area contributed by atoms with E-state index in [0.29, 0.717) is 50.9 Å². The minimum absolute atomic E-state index is 0.130. The monoisotopic (exact) mass is 1620 g/mol. The maximum absolute atomic E-state index is 15.4. The second-order valence-corrected chi connectivity index (χ2v) is 30.2. The van der Waals surface area contributed by atoms with Crippen LogP contribution >= 0.6 is 21.6 Å². The molecule has 0 saturated carbocycles. The number of hydrogen-bond donors (Lipinski definition) is 20. The molecule has 23 N–H and O–H groups in total. The maximum atomic E-state index is 15.4. The van der Waals surface area contributed by atoms with Crippen LogP contribution < -0.4 is 81.0 Å². The molecular weight excluding hydrogens is 1520 g/mol. The number of rotatable bonds is 24. The number of carbonyl (C=O) groups is 15. The first-order valence-electron chi connectivity index (χ1n) is 37.2. The number of carboxylic acid groups (broad SMARTS) is 1. The number of benzene rings is 4. The summed E-state index contributed by atoms with van der Waals surface area (Å²) >= 11 is 0. The predicted octanol–water partition coefficient (Wildman–Crippen LogP) is -4.15. The lowest BCUT2D eigenvalue weighted by atomic mass is 10.00. The number of nitrogens with two attached hydrogens (primary N) is 3. The summed E-state index contributed by atoms with van der Waals surface area (Å²) < 4.78 is 0. The summed E-state index contributed by atoms with van der Waals surface area (Å²) in [5.41, 5.74) is 19.9. The van der Waals surface area contributed by atoms with E-state index in [4.69, 9.17) is 17.2 Å². The van der Waals surface area contributed by atoms with Crippen molar-refractivity contribution in [3.05, 3.63) is 144 Å². The Morgan fingerprint density at radius 3 is 1.46 bits per heavy atom. The summed E-state index contributed by atoms with van der Waals surface area (Å²) in [5.74, 6) is -17.3. The molecule has 2 aliphatic rings. The zero-order valence-electron chi connectivity index (χ0n) is 63.1. The van der Waals surface area contributed by atoms with Crippen LogP contribution in [0, 0.1) is 0 Å². The number of hydrogen-bond acceptors (Lipinski definition) is 23. The Kier molecular flexibility index (Phi) is 35.8. The van der Waals surface area contributed by atoms with Gasteiger partial charge in [0, 0.05) is 54.3 Å². The number of carbonyl (C=O) groups excluding carboxylic acids is 14. The van der Waals surface area contributed by atoms with Gasteiger partial charge < -0.3 is 106 Å². The summed E-state index contributed by atoms with van der Waals surface area (Å²) in [6.45, 7) is 1.95. The van der Waals surface area contributed by atoms with E-state index in [9.17, 15) is 78.0 Å². The molecule has 0 radical (unpaired) electrons. The van der Waals surface area contributed by atoms with Gasteiger partial charge in [-0.15, -0.1) is 0 Å². The van der Waals surface area contributed by atoms with Crippen LogP contribution in [0.1, 0.15) is 88.0 Å². The molecule has 2 fully saturated rings. The van der Waals surface area contributed by atoms with Gasteiger partial charge in [-0.2, -0.15) is 0 Å². The fourth-order valence-corrected chi connectivity index (χ4v) is 14.7. The number of unbranched alkanes of at least 4 members (excludes halogenated alkanes) is 2. The van der Waals surface area contributed by atoms with Crippen LogP contribution in [0.3, 0.4) is 0 Å². The van der Waals surface area contributed by atoms with Gasteiger partial charge in [-0.1, -0.05) is 131 Å². The number of carboxylic acids is 1. The summed E-state index contributed by atoms with van der Waals surface area (Å²) in [6, 6.07) is 9.87. The zero-order valence-corrected chi connectivity index (χ0v) is 64.8. The molecule has 0 unspecified atom stereocenters. The average molecular weight is 1620 g/mol. The van der Waals surface area contributed by atoms with Gasteiger partial charge in [0.05, 0.1) is 37.8 Å². The fraction of sp³-hybridized carbons (Fsp3) is 0.461. The number of aliphatic carboxylic acids is 1. The molecule has 0 aliphatic carbocycles. The van der Waals surface area contributed by atoms with Crippen molar-refractivity contribution in [3.8, 4) is 0 Å².